The van der Waals surface area contributed by atoms with E-state index in [4.69, 9.17) is 5.73 Å². The first-order chi connectivity index (χ1) is 9.38. The Kier molecular flexibility index (Phi) is 3.84. The molecule has 2 rings (SSSR count). The van der Waals surface area contributed by atoms with E-state index >= 15 is 0 Å². The molecule has 1 aromatic carbocycles. The van der Waals surface area contributed by atoms with Crippen LogP contribution in [0.3, 0.4) is 0 Å². The Morgan fingerprint density at radius 1 is 1.35 bits per heavy atom. The van der Waals surface area contributed by atoms with Crippen LogP contribution in [0.4, 0.5) is 23.1 Å². The average Bonchev–Trinajstić information content (AvgIpc) is 2.32. The molecule has 3 N–H and O–H groups in total. The second kappa shape index (κ2) is 5.41. The summed E-state index contributed by atoms with van der Waals surface area (Å²) < 4.78 is 0.955. The lowest BCUT2D eigenvalue weighted by molar-refractivity contribution is -0.385. The zero-order chi connectivity index (χ0) is 14.9. The predicted molar refractivity (Wildman–Crippen MR) is 80.0 cm³/mol. The first-order valence-corrected chi connectivity index (χ1v) is 6.49. The first kappa shape index (κ1) is 14.2. The SMILES string of the molecule is Cc1cc(Nc2nc(N)nc(C)c2[N+](=O)[O-])ccc1Br. The highest BCUT2D eigenvalue weighted by Crippen LogP contribution is 2.29. The van der Waals surface area contributed by atoms with Crippen molar-refractivity contribution in [2.75, 3.05) is 11.1 Å². The van der Waals surface area contributed by atoms with Gasteiger partial charge in [0.1, 0.15) is 5.69 Å². The molecule has 0 radical (unpaired) electrons. The number of anilines is 3. The Balaban J connectivity index is 2.47. The molecule has 1 aromatic heterocycles. The molecule has 1 heterocycles. The number of nitrogens with two attached hydrogens (primary N) is 1. The summed E-state index contributed by atoms with van der Waals surface area (Å²) in [6.07, 6.45) is 0. The molecular weight excluding hydrogens is 326 g/mol. The van der Waals surface area contributed by atoms with Crippen LogP contribution in [-0.2, 0) is 0 Å². The standard InChI is InChI=1S/C12H12BrN5O2/c1-6-5-8(3-4-9(6)13)16-11-10(18(19)20)7(2)15-12(14)17-11/h3-5H,1-2H3,(H3,14,15,16,17). The van der Waals surface area contributed by atoms with Gasteiger partial charge in [-0.3, -0.25) is 10.1 Å². The molecule has 0 saturated heterocycles. The number of benzene rings is 1. The first-order valence-electron chi connectivity index (χ1n) is 5.70. The van der Waals surface area contributed by atoms with Crippen molar-refractivity contribution in [1.82, 2.24) is 9.97 Å². The summed E-state index contributed by atoms with van der Waals surface area (Å²) in [4.78, 5) is 18.3. The van der Waals surface area contributed by atoms with E-state index in [0.717, 1.165) is 10.0 Å². The molecule has 0 atom stereocenters. The summed E-state index contributed by atoms with van der Waals surface area (Å²) in [6, 6.07) is 5.48. The Hall–Kier alpha value is -2.22. The minimum absolute atomic E-state index is 0.00978. The molecule has 8 heteroatoms. The topological polar surface area (TPSA) is 107 Å². The summed E-state index contributed by atoms with van der Waals surface area (Å²) in [5, 5.41) is 14.0. The number of nitrogen functional groups attached to an aromatic ring is 1. The Morgan fingerprint density at radius 3 is 2.65 bits per heavy atom. The lowest BCUT2D eigenvalue weighted by Gasteiger charge is -2.09. The number of aromatic nitrogens is 2. The van der Waals surface area contributed by atoms with E-state index in [0.29, 0.717) is 5.69 Å². The fourth-order valence-electron chi connectivity index (χ4n) is 1.75. The third kappa shape index (κ3) is 2.85. The van der Waals surface area contributed by atoms with E-state index < -0.39 is 4.92 Å². The molecule has 0 fully saturated rings. The maximum Gasteiger partial charge on any atom is 0.332 e. The molecule has 0 bridgehead atoms. The lowest BCUT2D eigenvalue weighted by atomic mass is 10.2. The number of nitro groups is 1. The summed E-state index contributed by atoms with van der Waals surface area (Å²) in [5.74, 6) is 0.0751. The van der Waals surface area contributed by atoms with Gasteiger partial charge in [-0.2, -0.15) is 4.98 Å². The Morgan fingerprint density at radius 2 is 2.05 bits per heavy atom. The minimum atomic E-state index is -0.525. The van der Waals surface area contributed by atoms with Crippen molar-refractivity contribution in [3.63, 3.8) is 0 Å². The molecule has 7 nitrogen and oxygen atoms in total. The van der Waals surface area contributed by atoms with Crippen molar-refractivity contribution in [2.24, 2.45) is 0 Å². The quantitative estimate of drug-likeness (QED) is 0.658. The Bertz CT molecular complexity index is 690. The maximum atomic E-state index is 11.1. The highest BCUT2D eigenvalue weighted by Gasteiger charge is 2.21. The van der Waals surface area contributed by atoms with Gasteiger partial charge in [0.05, 0.1) is 4.92 Å². The van der Waals surface area contributed by atoms with E-state index in [1.54, 1.807) is 6.07 Å². The normalized spacial score (nSPS) is 10.3. The highest BCUT2D eigenvalue weighted by molar-refractivity contribution is 9.10. The monoisotopic (exact) mass is 337 g/mol. The van der Waals surface area contributed by atoms with Crippen LogP contribution in [-0.4, -0.2) is 14.9 Å². The number of hydrogen-bond acceptors (Lipinski definition) is 6. The van der Waals surface area contributed by atoms with Gasteiger partial charge in [-0.15, -0.1) is 0 Å². The largest absolute Gasteiger partial charge is 0.368 e. The minimum Gasteiger partial charge on any atom is -0.368 e. The van der Waals surface area contributed by atoms with Crippen molar-refractivity contribution in [3.05, 3.63) is 44.0 Å². The van der Waals surface area contributed by atoms with Crippen LogP contribution in [0.15, 0.2) is 22.7 Å². The maximum absolute atomic E-state index is 11.1. The van der Waals surface area contributed by atoms with Gasteiger partial charge in [0, 0.05) is 10.2 Å². The van der Waals surface area contributed by atoms with Crippen LogP contribution in [0.1, 0.15) is 11.3 Å². The van der Waals surface area contributed by atoms with Gasteiger partial charge in [0.25, 0.3) is 0 Å². The predicted octanol–water partition coefficient (Wildman–Crippen LogP) is 3.09. The van der Waals surface area contributed by atoms with Gasteiger partial charge in [-0.05, 0) is 37.6 Å². The fourth-order valence-corrected chi connectivity index (χ4v) is 2.00. The van der Waals surface area contributed by atoms with E-state index in [2.05, 4.69) is 31.2 Å². The number of aryl methyl sites for hydroxylation is 2. The zero-order valence-electron chi connectivity index (χ0n) is 10.8. The van der Waals surface area contributed by atoms with E-state index in [-0.39, 0.29) is 23.1 Å². The van der Waals surface area contributed by atoms with Gasteiger partial charge < -0.3 is 11.1 Å². The van der Waals surface area contributed by atoms with Gasteiger partial charge in [-0.1, -0.05) is 15.9 Å². The van der Waals surface area contributed by atoms with Crippen LogP contribution in [0.2, 0.25) is 0 Å². The molecule has 0 amide bonds. The number of nitrogens with zero attached hydrogens (tertiary/aromatic N) is 3. The molecule has 0 aliphatic rings. The van der Waals surface area contributed by atoms with Crippen LogP contribution in [0.25, 0.3) is 0 Å². The number of nitrogens with one attached hydrogen (secondary N) is 1. The molecule has 0 spiro atoms. The molecular formula is C12H12BrN5O2. The summed E-state index contributed by atoms with van der Waals surface area (Å²) in [5.41, 5.74) is 7.27. The third-order valence-electron chi connectivity index (χ3n) is 2.68. The summed E-state index contributed by atoms with van der Waals surface area (Å²) in [7, 11) is 0. The summed E-state index contributed by atoms with van der Waals surface area (Å²) >= 11 is 3.39. The average molecular weight is 338 g/mol. The molecule has 2 aromatic rings. The molecule has 0 aliphatic heterocycles. The zero-order valence-corrected chi connectivity index (χ0v) is 12.4. The van der Waals surface area contributed by atoms with Gasteiger partial charge in [0.2, 0.25) is 11.8 Å². The van der Waals surface area contributed by atoms with E-state index in [9.17, 15) is 10.1 Å². The van der Waals surface area contributed by atoms with Crippen LogP contribution in [0, 0.1) is 24.0 Å². The second-order valence-electron chi connectivity index (χ2n) is 4.21. The lowest BCUT2D eigenvalue weighted by Crippen LogP contribution is -2.07. The van der Waals surface area contributed by atoms with Crippen LogP contribution < -0.4 is 11.1 Å². The number of rotatable bonds is 3. The smallest absolute Gasteiger partial charge is 0.332 e. The second-order valence-corrected chi connectivity index (χ2v) is 5.06. The van der Waals surface area contributed by atoms with Crippen molar-refractivity contribution in [2.45, 2.75) is 13.8 Å². The van der Waals surface area contributed by atoms with Crippen molar-refractivity contribution < 1.29 is 4.92 Å². The van der Waals surface area contributed by atoms with Gasteiger partial charge >= 0.3 is 5.69 Å². The van der Waals surface area contributed by atoms with Crippen LogP contribution >= 0.6 is 15.9 Å². The number of hydrogen-bond donors (Lipinski definition) is 2. The third-order valence-corrected chi connectivity index (χ3v) is 3.57. The van der Waals surface area contributed by atoms with Crippen molar-refractivity contribution in [3.8, 4) is 0 Å². The molecule has 0 saturated carbocycles. The fraction of sp³-hybridized carbons (Fsp3) is 0.167. The number of halogens is 1. The van der Waals surface area contributed by atoms with Gasteiger partial charge in [-0.25, -0.2) is 4.98 Å². The van der Waals surface area contributed by atoms with E-state index in [1.807, 2.05) is 19.1 Å². The van der Waals surface area contributed by atoms with E-state index in [1.165, 1.54) is 6.92 Å². The molecule has 104 valence electrons. The van der Waals surface area contributed by atoms with Crippen molar-refractivity contribution >= 4 is 39.1 Å². The highest BCUT2D eigenvalue weighted by atomic mass is 79.9. The molecule has 0 aliphatic carbocycles. The Labute approximate surface area is 123 Å². The van der Waals surface area contributed by atoms with Crippen molar-refractivity contribution in [1.29, 1.82) is 0 Å². The van der Waals surface area contributed by atoms with Crippen LogP contribution in [0.5, 0.6) is 0 Å². The summed E-state index contributed by atoms with van der Waals surface area (Å²) in [6.45, 7) is 3.44. The molecule has 0 unspecified atom stereocenters. The van der Waals surface area contributed by atoms with Gasteiger partial charge in [0.15, 0.2) is 0 Å². The molecule has 20 heavy (non-hydrogen) atoms.